The molecule has 0 atom stereocenters. The third-order valence-electron chi connectivity index (χ3n) is 4.02. The SMILES string of the molecule is CCN(Cc1ccc(OC)c(F)c1)C(=O)c1cnc2onc(C)c2c1. The predicted molar refractivity (Wildman–Crippen MR) is 89.9 cm³/mol. The van der Waals surface area contributed by atoms with Crippen LogP contribution in [0, 0.1) is 12.7 Å². The molecule has 2 heterocycles. The van der Waals surface area contributed by atoms with Gasteiger partial charge in [-0.1, -0.05) is 11.2 Å². The highest BCUT2D eigenvalue weighted by Crippen LogP contribution is 2.21. The first-order valence-corrected chi connectivity index (χ1v) is 7.87. The normalized spacial score (nSPS) is 10.9. The summed E-state index contributed by atoms with van der Waals surface area (Å²) in [5.74, 6) is -0.462. The van der Waals surface area contributed by atoms with Gasteiger partial charge in [-0.3, -0.25) is 4.79 Å². The molecule has 0 N–H and O–H groups in total. The number of hydrogen-bond acceptors (Lipinski definition) is 5. The molecule has 0 unspecified atom stereocenters. The van der Waals surface area contributed by atoms with Crippen molar-refractivity contribution in [2.24, 2.45) is 0 Å². The summed E-state index contributed by atoms with van der Waals surface area (Å²) in [5, 5.41) is 4.54. The Bertz CT molecular complexity index is 923. The highest BCUT2D eigenvalue weighted by Gasteiger charge is 2.18. The van der Waals surface area contributed by atoms with Gasteiger partial charge >= 0.3 is 0 Å². The number of ether oxygens (including phenoxy) is 1. The summed E-state index contributed by atoms with van der Waals surface area (Å²) in [4.78, 5) is 18.5. The molecule has 0 saturated carbocycles. The molecule has 0 radical (unpaired) electrons. The van der Waals surface area contributed by atoms with E-state index in [9.17, 15) is 9.18 Å². The summed E-state index contributed by atoms with van der Waals surface area (Å²) in [5.41, 5.74) is 2.20. The van der Waals surface area contributed by atoms with Crippen molar-refractivity contribution in [2.45, 2.75) is 20.4 Å². The van der Waals surface area contributed by atoms with Crippen LogP contribution in [0.1, 0.15) is 28.5 Å². The van der Waals surface area contributed by atoms with E-state index < -0.39 is 5.82 Å². The highest BCUT2D eigenvalue weighted by atomic mass is 19.1. The summed E-state index contributed by atoms with van der Waals surface area (Å²) in [6, 6.07) is 6.38. The van der Waals surface area contributed by atoms with Crippen molar-refractivity contribution >= 4 is 17.0 Å². The van der Waals surface area contributed by atoms with E-state index in [-0.39, 0.29) is 18.2 Å². The lowest BCUT2D eigenvalue weighted by Gasteiger charge is -2.21. The highest BCUT2D eigenvalue weighted by molar-refractivity contribution is 5.97. The van der Waals surface area contributed by atoms with E-state index in [1.807, 2.05) is 6.92 Å². The topological polar surface area (TPSA) is 68.5 Å². The Morgan fingerprint density at radius 2 is 2.16 bits per heavy atom. The van der Waals surface area contributed by atoms with E-state index in [1.165, 1.54) is 19.4 Å². The average molecular weight is 343 g/mol. The summed E-state index contributed by atoms with van der Waals surface area (Å²) >= 11 is 0. The van der Waals surface area contributed by atoms with Gasteiger partial charge in [-0.05, 0) is 37.6 Å². The standard InChI is InChI=1S/C18H18FN3O3/c1-4-22(10-12-5-6-16(24-3)15(19)7-12)18(23)13-8-14-11(2)21-25-17(14)20-9-13/h5-9H,4,10H2,1-3H3. The van der Waals surface area contributed by atoms with Crippen molar-refractivity contribution in [3.05, 3.63) is 53.1 Å². The van der Waals surface area contributed by atoms with Crippen LogP contribution in [0.25, 0.3) is 11.1 Å². The third kappa shape index (κ3) is 3.31. The minimum Gasteiger partial charge on any atom is -0.494 e. The Morgan fingerprint density at radius 3 is 2.84 bits per heavy atom. The molecule has 0 fully saturated rings. The lowest BCUT2D eigenvalue weighted by molar-refractivity contribution is 0.0752. The number of amides is 1. The number of carbonyl (C=O) groups is 1. The molecule has 130 valence electrons. The van der Waals surface area contributed by atoms with Crippen LogP contribution < -0.4 is 4.74 Å². The molecule has 3 aromatic rings. The minimum atomic E-state index is -0.452. The molecule has 25 heavy (non-hydrogen) atoms. The van der Waals surface area contributed by atoms with Gasteiger partial charge in [0.05, 0.1) is 23.8 Å². The van der Waals surface area contributed by atoms with Crippen LogP contribution >= 0.6 is 0 Å². The molecule has 0 aliphatic rings. The van der Waals surface area contributed by atoms with E-state index in [4.69, 9.17) is 9.26 Å². The first-order chi connectivity index (χ1) is 12.0. The Balaban J connectivity index is 1.84. The van der Waals surface area contributed by atoms with Gasteiger partial charge in [-0.2, -0.15) is 0 Å². The molecule has 0 bridgehead atoms. The maximum Gasteiger partial charge on any atom is 0.257 e. The number of hydrogen-bond donors (Lipinski definition) is 0. The van der Waals surface area contributed by atoms with Gasteiger partial charge in [0.2, 0.25) is 0 Å². The Hall–Kier alpha value is -2.96. The van der Waals surface area contributed by atoms with Crippen molar-refractivity contribution in [2.75, 3.05) is 13.7 Å². The molecule has 1 amide bonds. The summed E-state index contributed by atoms with van der Waals surface area (Å²) in [6.07, 6.45) is 1.46. The molecule has 1 aromatic carbocycles. The molecular weight excluding hydrogens is 325 g/mol. The van der Waals surface area contributed by atoms with Gasteiger partial charge in [-0.15, -0.1) is 0 Å². The monoisotopic (exact) mass is 343 g/mol. The predicted octanol–water partition coefficient (Wildman–Crippen LogP) is 3.34. The first kappa shape index (κ1) is 16.9. The number of aromatic nitrogens is 2. The van der Waals surface area contributed by atoms with Crippen molar-refractivity contribution in [1.82, 2.24) is 15.0 Å². The fourth-order valence-electron chi connectivity index (χ4n) is 2.60. The summed E-state index contributed by atoms with van der Waals surface area (Å²) < 4.78 is 23.8. The Labute approximate surface area is 144 Å². The van der Waals surface area contributed by atoms with Gasteiger partial charge in [0.1, 0.15) is 0 Å². The van der Waals surface area contributed by atoms with Gasteiger partial charge in [-0.25, -0.2) is 9.37 Å². The maximum absolute atomic E-state index is 13.9. The largest absolute Gasteiger partial charge is 0.494 e. The number of halogens is 1. The van der Waals surface area contributed by atoms with Crippen LogP contribution in [0.4, 0.5) is 4.39 Å². The zero-order valence-corrected chi connectivity index (χ0v) is 14.2. The fourth-order valence-corrected chi connectivity index (χ4v) is 2.60. The molecule has 3 rings (SSSR count). The second-order valence-electron chi connectivity index (χ2n) is 5.63. The first-order valence-electron chi connectivity index (χ1n) is 7.87. The van der Waals surface area contributed by atoms with Gasteiger partial charge in [0.15, 0.2) is 11.6 Å². The molecule has 0 saturated heterocycles. The van der Waals surface area contributed by atoms with Crippen LogP contribution in [0.2, 0.25) is 0 Å². The molecule has 7 heteroatoms. The van der Waals surface area contributed by atoms with Gasteiger partial charge in [0.25, 0.3) is 11.6 Å². The van der Waals surface area contributed by atoms with Crippen LogP contribution in [0.15, 0.2) is 35.0 Å². The Kier molecular flexibility index (Phi) is 4.65. The van der Waals surface area contributed by atoms with Crippen molar-refractivity contribution in [3.63, 3.8) is 0 Å². The number of methoxy groups -OCH3 is 1. The van der Waals surface area contributed by atoms with Gasteiger partial charge < -0.3 is 14.2 Å². The van der Waals surface area contributed by atoms with E-state index in [1.54, 1.807) is 30.0 Å². The number of pyridine rings is 1. The quantitative estimate of drug-likeness (QED) is 0.711. The molecule has 6 nitrogen and oxygen atoms in total. The van der Waals surface area contributed by atoms with Crippen LogP contribution in [0.3, 0.4) is 0 Å². The lowest BCUT2D eigenvalue weighted by Crippen LogP contribution is -2.30. The van der Waals surface area contributed by atoms with E-state index >= 15 is 0 Å². The van der Waals surface area contributed by atoms with Gasteiger partial charge in [0, 0.05) is 19.3 Å². The number of rotatable bonds is 5. The van der Waals surface area contributed by atoms with Crippen LogP contribution in [-0.4, -0.2) is 34.6 Å². The average Bonchev–Trinajstić information content (AvgIpc) is 2.99. The Morgan fingerprint density at radius 1 is 1.36 bits per heavy atom. The van der Waals surface area contributed by atoms with E-state index in [2.05, 4.69) is 10.1 Å². The molecule has 0 aliphatic carbocycles. The minimum absolute atomic E-state index is 0.177. The van der Waals surface area contributed by atoms with Crippen LogP contribution in [0.5, 0.6) is 5.75 Å². The lowest BCUT2D eigenvalue weighted by atomic mass is 10.1. The summed E-state index contributed by atoms with van der Waals surface area (Å²) in [6.45, 7) is 4.43. The van der Waals surface area contributed by atoms with Crippen molar-refractivity contribution in [1.29, 1.82) is 0 Å². The number of aryl methyl sites for hydroxylation is 1. The second-order valence-corrected chi connectivity index (χ2v) is 5.63. The number of nitrogens with zero attached hydrogens (tertiary/aromatic N) is 3. The molecule has 2 aromatic heterocycles. The number of carbonyl (C=O) groups excluding carboxylic acids is 1. The zero-order valence-electron chi connectivity index (χ0n) is 14.2. The van der Waals surface area contributed by atoms with Crippen LogP contribution in [-0.2, 0) is 6.54 Å². The van der Waals surface area contributed by atoms with Crippen molar-refractivity contribution in [3.8, 4) is 5.75 Å². The second kappa shape index (κ2) is 6.88. The fraction of sp³-hybridized carbons (Fsp3) is 0.278. The smallest absolute Gasteiger partial charge is 0.257 e. The molecular formula is C18H18FN3O3. The maximum atomic E-state index is 13.9. The third-order valence-corrected chi connectivity index (χ3v) is 4.02. The molecule has 0 aliphatic heterocycles. The zero-order chi connectivity index (χ0) is 18.0. The number of fused-ring (bicyclic) bond motifs is 1. The van der Waals surface area contributed by atoms with E-state index in [0.29, 0.717) is 34.5 Å². The van der Waals surface area contributed by atoms with E-state index in [0.717, 1.165) is 0 Å². The molecule has 0 spiro atoms. The number of benzene rings is 1. The van der Waals surface area contributed by atoms with Crippen molar-refractivity contribution < 1.29 is 18.4 Å². The summed E-state index contributed by atoms with van der Waals surface area (Å²) in [7, 11) is 1.41.